The number of benzene rings is 1. The van der Waals surface area contributed by atoms with E-state index in [9.17, 15) is 4.79 Å². The number of rotatable bonds is 3. The first-order valence-corrected chi connectivity index (χ1v) is 7.02. The summed E-state index contributed by atoms with van der Waals surface area (Å²) in [4.78, 5) is 13.4. The highest BCUT2D eigenvalue weighted by Gasteiger charge is 2.27. The Hall–Kier alpha value is -1.35. The molecule has 0 bridgehead atoms. The Balaban J connectivity index is 2.04. The fourth-order valence-corrected chi connectivity index (χ4v) is 3.00. The molecule has 3 nitrogen and oxygen atoms in total. The maximum atomic E-state index is 11.0. The topological polar surface area (TPSA) is 40.5 Å². The van der Waals surface area contributed by atoms with Crippen molar-refractivity contribution in [2.45, 2.75) is 39.7 Å². The van der Waals surface area contributed by atoms with Gasteiger partial charge in [-0.05, 0) is 52.3 Å². The molecule has 0 spiro atoms. The molecule has 0 radical (unpaired) electrons. The lowest BCUT2D eigenvalue weighted by Gasteiger charge is -2.35. The molecule has 19 heavy (non-hydrogen) atoms. The van der Waals surface area contributed by atoms with Crippen molar-refractivity contribution in [1.29, 1.82) is 0 Å². The molecule has 1 heterocycles. The van der Waals surface area contributed by atoms with Gasteiger partial charge >= 0.3 is 5.97 Å². The van der Waals surface area contributed by atoms with Crippen LogP contribution in [-0.2, 0) is 4.79 Å². The van der Waals surface area contributed by atoms with Crippen LogP contribution >= 0.6 is 0 Å². The normalized spacial score (nSPS) is 19.3. The number of carboxylic acids is 1. The van der Waals surface area contributed by atoms with Crippen LogP contribution in [0.15, 0.2) is 18.2 Å². The lowest BCUT2D eigenvalue weighted by molar-refractivity contribution is -0.143. The fourth-order valence-electron chi connectivity index (χ4n) is 3.00. The third-order valence-corrected chi connectivity index (χ3v) is 4.15. The first-order valence-electron chi connectivity index (χ1n) is 7.02. The summed E-state index contributed by atoms with van der Waals surface area (Å²) in [7, 11) is 0. The van der Waals surface area contributed by atoms with Gasteiger partial charge in [-0.2, -0.15) is 0 Å². The zero-order valence-corrected chi connectivity index (χ0v) is 12.0. The molecule has 1 aromatic carbocycles. The summed E-state index contributed by atoms with van der Waals surface area (Å²) in [5.74, 6) is -0.790. The minimum Gasteiger partial charge on any atom is -0.481 e. The number of hydrogen-bond acceptors (Lipinski definition) is 2. The van der Waals surface area contributed by atoms with Crippen molar-refractivity contribution in [2.24, 2.45) is 5.92 Å². The molecule has 1 fully saturated rings. The maximum absolute atomic E-state index is 11.0. The van der Waals surface area contributed by atoms with Crippen LogP contribution in [0.5, 0.6) is 0 Å². The standard InChI is InChI=1S/C16H23NO2/c1-11-8-12(2)10-15(9-11)13(3)17-6-4-14(5-7-17)16(18)19/h8-10,13-14H,4-7H2,1-3H3,(H,18,19). The van der Waals surface area contributed by atoms with Gasteiger partial charge in [0.15, 0.2) is 0 Å². The second-order valence-electron chi connectivity index (χ2n) is 5.75. The molecule has 1 aliphatic rings. The summed E-state index contributed by atoms with van der Waals surface area (Å²) in [5, 5.41) is 9.03. The largest absolute Gasteiger partial charge is 0.481 e. The van der Waals surface area contributed by atoms with E-state index in [0.29, 0.717) is 6.04 Å². The third-order valence-electron chi connectivity index (χ3n) is 4.15. The number of nitrogens with zero attached hydrogens (tertiary/aromatic N) is 1. The molecule has 0 saturated carbocycles. The first kappa shape index (κ1) is 14.1. The Kier molecular flexibility index (Phi) is 4.25. The van der Waals surface area contributed by atoms with Gasteiger partial charge < -0.3 is 5.11 Å². The number of carbonyl (C=O) groups is 1. The number of aliphatic carboxylic acids is 1. The van der Waals surface area contributed by atoms with Gasteiger partial charge in [0.1, 0.15) is 0 Å². The summed E-state index contributed by atoms with van der Waals surface area (Å²) in [6, 6.07) is 7.03. The molecule has 104 valence electrons. The third kappa shape index (κ3) is 3.35. The second kappa shape index (κ2) is 5.74. The molecule has 1 unspecified atom stereocenters. The lowest BCUT2D eigenvalue weighted by atomic mass is 9.94. The Bertz CT molecular complexity index is 442. The summed E-state index contributed by atoms with van der Waals surface area (Å²) in [6.45, 7) is 8.23. The van der Waals surface area contributed by atoms with Crippen molar-refractivity contribution >= 4 is 5.97 Å². The van der Waals surface area contributed by atoms with Gasteiger partial charge in [0.05, 0.1) is 5.92 Å². The van der Waals surface area contributed by atoms with Crippen LogP contribution in [0.2, 0.25) is 0 Å². The van der Waals surface area contributed by atoms with Crippen molar-refractivity contribution in [3.8, 4) is 0 Å². The predicted octanol–water partition coefficient (Wildman–Crippen LogP) is 3.16. The van der Waals surface area contributed by atoms with Gasteiger partial charge in [-0.1, -0.05) is 29.3 Å². The Labute approximate surface area is 115 Å². The Morgan fingerprint density at radius 2 is 1.74 bits per heavy atom. The van der Waals surface area contributed by atoms with Crippen molar-refractivity contribution in [2.75, 3.05) is 13.1 Å². The molecule has 0 aliphatic carbocycles. The fraction of sp³-hybridized carbons (Fsp3) is 0.562. The molecule has 1 saturated heterocycles. The molecule has 3 heteroatoms. The van der Waals surface area contributed by atoms with E-state index in [1.54, 1.807) is 0 Å². The zero-order chi connectivity index (χ0) is 14.0. The average Bonchev–Trinajstić information content (AvgIpc) is 2.37. The number of aryl methyl sites for hydroxylation is 2. The van der Waals surface area contributed by atoms with Gasteiger partial charge in [-0.3, -0.25) is 9.69 Å². The van der Waals surface area contributed by atoms with Crippen LogP contribution in [0.3, 0.4) is 0 Å². The van der Waals surface area contributed by atoms with Crippen molar-refractivity contribution in [1.82, 2.24) is 4.90 Å². The van der Waals surface area contributed by atoms with E-state index in [1.165, 1.54) is 16.7 Å². The van der Waals surface area contributed by atoms with E-state index in [4.69, 9.17) is 5.11 Å². The number of piperidine rings is 1. The van der Waals surface area contributed by atoms with E-state index in [1.807, 2.05) is 0 Å². The highest BCUT2D eigenvalue weighted by Crippen LogP contribution is 2.27. The van der Waals surface area contributed by atoms with Gasteiger partial charge in [0.2, 0.25) is 0 Å². The van der Waals surface area contributed by atoms with E-state index < -0.39 is 5.97 Å². The van der Waals surface area contributed by atoms with Crippen LogP contribution < -0.4 is 0 Å². The van der Waals surface area contributed by atoms with Crippen LogP contribution in [0.25, 0.3) is 0 Å². The highest BCUT2D eigenvalue weighted by molar-refractivity contribution is 5.70. The van der Waals surface area contributed by atoms with E-state index in [-0.39, 0.29) is 5.92 Å². The SMILES string of the molecule is Cc1cc(C)cc(C(C)N2CCC(C(=O)O)CC2)c1. The molecule has 1 aromatic rings. The van der Waals surface area contributed by atoms with Crippen LogP contribution in [0.1, 0.15) is 42.5 Å². The smallest absolute Gasteiger partial charge is 0.306 e. The average molecular weight is 261 g/mol. The Morgan fingerprint density at radius 3 is 2.21 bits per heavy atom. The zero-order valence-electron chi connectivity index (χ0n) is 12.0. The molecule has 0 aromatic heterocycles. The van der Waals surface area contributed by atoms with Crippen molar-refractivity contribution in [3.05, 3.63) is 34.9 Å². The Morgan fingerprint density at radius 1 is 1.21 bits per heavy atom. The van der Waals surface area contributed by atoms with Gasteiger partial charge in [-0.15, -0.1) is 0 Å². The van der Waals surface area contributed by atoms with E-state index >= 15 is 0 Å². The van der Waals surface area contributed by atoms with Crippen LogP contribution in [0.4, 0.5) is 0 Å². The van der Waals surface area contributed by atoms with Gasteiger partial charge in [-0.25, -0.2) is 0 Å². The molecular formula is C16H23NO2. The summed E-state index contributed by atoms with van der Waals surface area (Å²) >= 11 is 0. The van der Waals surface area contributed by atoms with Crippen molar-refractivity contribution < 1.29 is 9.90 Å². The molecule has 1 aliphatic heterocycles. The maximum Gasteiger partial charge on any atom is 0.306 e. The van der Waals surface area contributed by atoms with Crippen molar-refractivity contribution in [3.63, 3.8) is 0 Å². The highest BCUT2D eigenvalue weighted by atomic mass is 16.4. The van der Waals surface area contributed by atoms with E-state index in [2.05, 4.69) is 43.9 Å². The van der Waals surface area contributed by atoms with Crippen LogP contribution in [-0.4, -0.2) is 29.1 Å². The summed E-state index contributed by atoms with van der Waals surface area (Å²) < 4.78 is 0. The second-order valence-corrected chi connectivity index (χ2v) is 5.75. The quantitative estimate of drug-likeness (QED) is 0.908. The predicted molar refractivity (Wildman–Crippen MR) is 76.3 cm³/mol. The van der Waals surface area contributed by atoms with E-state index in [0.717, 1.165) is 25.9 Å². The number of carboxylic acid groups (broad SMARTS) is 1. The monoisotopic (exact) mass is 261 g/mol. The molecule has 1 atom stereocenters. The summed E-state index contributed by atoms with van der Waals surface area (Å²) in [5.41, 5.74) is 3.93. The minimum absolute atomic E-state index is 0.150. The minimum atomic E-state index is -0.640. The number of likely N-dealkylation sites (tertiary alicyclic amines) is 1. The van der Waals surface area contributed by atoms with Gasteiger partial charge in [0, 0.05) is 6.04 Å². The first-order chi connectivity index (χ1) is 8.97. The molecule has 1 N–H and O–H groups in total. The number of hydrogen-bond donors (Lipinski definition) is 1. The summed E-state index contributed by atoms with van der Waals surface area (Å²) in [6.07, 6.45) is 1.54. The lowest BCUT2D eigenvalue weighted by Crippen LogP contribution is -2.37. The van der Waals surface area contributed by atoms with Crippen LogP contribution in [0, 0.1) is 19.8 Å². The molecule has 2 rings (SSSR count). The van der Waals surface area contributed by atoms with Gasteiger partial charge in [0.25, 0.3) is 0 Å². The molecular weight excluding hydrogens is 238 g/mol. The molecule has 0 amide bonds.